The summed E-state index contributed by atoms with van der Waals surface area (Å²) in [5.74, 6) is -0.00204. The van der Waals surface area contributed by atoms with Crippen molar-refractivity contribution in [1.29, 1.82) is 0 Å². The number of likely N-dealkylation sites (tertiary alicyclic amines) is 1. The highest BCUT2D eigenvalue weighted by Crippen LogP contribution is 2.35. The van der Waals surface area contributed by atoms with E-state index in [1.807, 2.05) is 16.3 Å². The van der Waals surface area contributed by atoms with Crippen molar-refractivity contribution < 1.29 is 4.79 Å². The summed E-state index contributed by atoms with van der Waals surface area (Å²) in [6.07, 6.45) is 1.99. The maximum Gasteiger partial charge on any atom is 0.261 e. The molecule has 1 atom stereocenters. The predicted molar refractivity (Wildman–Crippen MR) is 102 cm³/mol. The Balaban J connectivity index is 1.74. The van der Waals surface area contributed by atoms with Gasteiger partial charge in [0.2, 0.25) is 0 Å². The highest BCUT2D eigenvalue weighted by Gasteiger charge is 2.31. The van der Waals surface area contributed by atoms with Gasteiger partial charge in [0.1, 0.15) is 0 Å². The Kier molecular flexibility index (Phi) is 4.05. The van der Waals surface area contributed by atoms with E-state index < -0.39 is 0 Å². The zero-order valence-corrected chi connectivity index (χ0v) is 15.3. The number of carbonyl (C=O) groups is 1. The van der Waals surface area contributed by atoms with Crippen LogP contribution in [0.4, 0.5) is 0 Å². The predicted octanol–water partition coefficient (Wildman–Crippen LogP) is 3.63. The van der Waals surface area contributed by atoms with E-state index in [4.69, 9.17) is 12.2 Å². The molecule has 0 spiro atoms. The largest absolute Gasteiger partial charge is 0.332 e. The minimum atomic E-state index is -0.157. The molecule has 0 saturated carbocycles. The van der Waals surface area contributed by atoms with Crippen LogP contribution in [-0.4, -0.2) is 26.9 Å². The van der Waals surface area contributed by atoms with Crippen LogP contribution in [0.2, 0.25) is 0 Å². The summed E-state index contributed by atoms with van der Waals surface area (Å²) in [5, 5.41) is 2.58. The number of hydrogen-bond acceptors (Lipinski definition) is 4. The van der Waals surface area contributed by atoms with Gasteiger partial charge < -0.3 is 9.88 Å². The molecule has 1 fully saturated rings. The Hall–Kier alpha value is -2.25. The molecule has 4 rings (SSSR count). The van der Waals surface area contributed by atoms with Crippen LogP contribution in [-0.2, 0) is 7.05 Å². The second-order valence-corrected chi connectivity index (χ2v) is 7.59. The van der Waals surface area contributed by atoms with Crippen molar-refractivity contribution in [3.8, 4) is 0 Å². The first-order valence-electron chi connectivity index (χ1n) is 8.13. The maximum atomic E-state index is 13.0. The molecule has 0 bridgehead atoms. The van der Waals surface area contributed by atoms with Crippen molar-refractivity contribution in [3.05, 3.63) is 61.3 Å². The Labute approximate surface area is 153 Å². The molecule has 1 N–H and O–H groups in total. The molecule has 2 aromatic heterocycles. The number of H-pyrrole nitrogens is 1. The third-order valence-corrected chi connectivity index (χ3v) is 6.08. The zero-order chi connectivity index (χ0) is 17.6. The van der Waals surface area contributed by atoms with Crippen LogP contribution in [0.25, 0.3) is 10.9 Å². The van der Waals surface area contributed by atoms with Gasteiger partial charge in [-0.1, -0.05) is 6.07 Å². The first-order chi connectivity index (χ1) is 12.1. The van der Waals surface area contributed by atoms with Crippen LogP contribution in [0.1, 0.15) is 34.1 Å². The number of fused-ring (bicyclic) bond motifs is 1. The fourth-order valence-electron chi connectivity index (χ4n) is 3.39. The third-order valence-electron chi connectivity index (χ3n) is 4.73. The van der Waals surface area contributed by atoms with Gasteiger partial charge in [-0.2, -0.15) is 0 Å². The van der Waals surface area contributed by atoms with Crippen molar-refractivity contribution in [1.82, 2.24) is 14.5 Å². The van der Waals surface area contributed by atoms with Gasteiger partial charge in [-0.15, -0.1) is 11.3 Å². The van der Waals surface area contributed by atoms with Crippen LogP contribution in [0.3, 0.4) is 0 Å². The van der Waals surface area contributed by atoms with Crippen LogP contribution in [0.5, 0.6) is 0 Å². The lowest BCUT2D eigenvalue weighted by Crippen LogP contribution is -2.30. The number of rotatable bonds is 2. The molecule has 0 radical (unpaired) electrons. The molecular formula is C18H17N3O2S2. The molecule has 1 aliphatic heterocycles. The number of nitrogens with zero attached hydrogens (tertiary/aromatic N) is 2. The van der Waals surface area contributed by atoms with E-state index in [0.717, 1.165) is 19.4 Å². The van der Waals surface area contributed by atoms with Gasteiger partial charge >= 0.3 is 0 Å². The van der Waals surface area contributed by atoms with E-state index >= 15 is 0 Å². The first kappa shape index (κ1) is 16.2. The number of benzene rings is 1. The van der Waals surface area contributed by atoms with Crippen LogP contribution >= 0.6 is 23.6 Å². The van der Waals surface area contributed by atoms with Gasteiger partial charge in [0.05, 0.1) is 16.9 Å². The second-order valence-electron chi connectivity index (χ2n) is 6.23. The number of carbonyl (C=O) groups excluding carboxylic acids is 1. The molecule has 0 aliphatic carbocycles. The standard InChI is InChI=1S/C18H17N3O2S2/c1-20-17(23)12-7-6-11(10-13(12)19-18(20)24)16(22)21-8-2-4-14(21)15-5-3-9-25-15/h3,5-7,9-10,14H,2,4,8H2,1H3,(H,19,24). The van der Waals surface area contributed by atoms with Crippen LogP contribution < -0.4 is 5.56 Å². The highest BCUT2D eigenvalue weighted by molar-refractivity contribution is 7.71. The zero-order valence-electron chi connectivity index (χ0n) is 13.7. The number of amides is 1. The fourth-order valence-corrected chi connectivity index (χ4v) is 4.46. The van der Waals surface area contributed by atoms with E-state index in [0.29, 0.717) is 21.2 Å². The summed E-state index contributed by atoms with van der Waals surface area (Å²) in [4.78, 5) is 31.5. The Morgan fingerprint density at radius 1 is 1.36 bits per heavy atom. The van der Waals surface area contributed by atoms with Crippen molar-refractivity contribution >= 4 is 40.4 Å². The van der Waals surface area contributed by atoms with Crippen LogP contribution in [0, 0.1) is 4.77 Å². The normalized spacial score (nSPS) is 17.3. The smallest absolute Gasteiger partial charge is 0.261 e. The molecule has 1 saturated heterocycles. The molecule has 7 heteroatoms. The molecule has 1 aromatic carbocycles. The number of thiophene rings is 1. The summed E-state index contributed by atoms with van der Waals surface area (Å²) >= 11 is 6.86. The summed E-state index contributed by atoms with van der Waals surface area (Å²) in [6, 6.07) is 9.41. The van der Waals surface area contributed by atoms with Crippen molar-refractivity contribution in [2.45, 2.75) is 18.9 Å². The van der Waals surface area contributed by atoms with Gasteiger partial charge in [0.15, 0.2) is 4.77 Å². The number of nitrogens with one attached hydrogen (secondary N) is 1. The Bertz CT molecular complexity index is 1070. The van der Waals surface area contributed by atoms with Gasteiger partial charge in [-0.05, 0) is 54.7 Å². The van der Waals surface area contributed by atoms with Crippen molar-refractivity contribution in [3.63, 3.8) is 0 Å². The fraction of sp³-hybridized carbons (Fsp3) is 0.278. The molecule has 25 heavy (non-hydrogen) atoms. The lowest BCUT2D eigenvalue weighted by Gasteiger charge is -2.24. The summed E-state index contributed by atoms with van der Waals surface area (Å²) in [7, 11) is 1.63. The van der Waals surface area contributed by atoms with Crippen LogP contribution in [0.15, 0.2) is 40.5 Å². The number of aromatic nitrogens is 2. The molecule has 1 amide bonds. The molecular weight excluding hydrogens is 354 g/mol. The van der Waals surface area contributed by atoms with E-state index in [1.165, 1.54) is 9.44 Å². The Morgan fingerprint density at radius 3 is 2.96 bits per heavy atom. The molecule has 1 aliphatic rings. The van der Waals surface area contributed by atoms with Gasteiger partial charge in [0.25, 0.3) is 11.5 Å². The molecule has 1 unspecified atom stereocenters. The van der Waals surface area contributed by atoms with Crippen molar-refractivity contribution in [2.24, 2.45) is 7.05 Å². The summed E-state index contributed by atoms with van der Waals surface area (Å²) in [5.41, 5.74) is 1.02. The first-order valence-corrected chi connectivity index (χ1v) is 9.42. The van der Waals surface area contributed by atoms with Gasteiger partial charge in [0, 0.05) is 24.0 Å². The van der Waals surface area contributed by atoms with E-state index in [9.17, 15) is 9.59 Å². The lowest BCUT2D eigenvalue weighted by atomic mass is 10.1. The quantitative estimate of drug-likeness (QED) is 0.700. The molecule has 3 aromatic rings. The van der Waals surface area contributed by atoms with Gasteiger partial charge in [-0.25, -0.2) is 0 Å². The van der Waals surface area contributed by atoms with E-state index in [-0.39, 0.29) is 17.5 Å². The highest BCUT2D eigenvalue weighted by atomic mass is 32.1. The average Bonchev–Trinajstić information content (AvgIpc) is 3.29. The minimum Gasteiger partial charge on any atom is -0.332 e. The SMILES string of the molecule is Cn1c(=S)[nH]c2cc(C(=O)N3CCCC3c3cccs3)ccc2c1=O. The Morgan fingerprint density at radius 2 is 2.20 bits per heavy atom. The molecule has 5 nitrogen and oxygen atoms in total. The average molecular weight is 371 g/mol. The van der Waals surface area contributed by atoms with E-state index in [1.54, 1.807) is 36.6 Å². The van der Waals surface area contributed by atoms with E-state index in [2.05, 4.69) is 11.1 Å². The second kappa shape index (κ2) is 6.24. The lowest BCUT2D eigenvalue weighted by molar-refractivity contribution is 0.0738. The minimum absolute atomic E-state index is 0.00204. The molecule has 128 valence electrons. The maximum absolute atomic E-state index is 13.0. The number of hydrogen-bond donors (Lipinski definition) is 1. The monoisotopic (exact) mass is 371 g/mol. The summed E-state index contributed by atoms with van der Waals surface area (Å²) in [6.45, 7) is 0.756. The summed E-state index contributed by atoms with van der Waals surface area (Å²) < 4.78 is 1.74. The van der Waals surface area contributed by atoms with Crippen molar-refractivity contribution in [2.75, 3.05) is 6.54 Å². The molecule has 3 heterocycles. The third kappa shape index (κ3) is 2.73. The van der Waals surface area contributed by atoms with Gasteiger partial charge in [-0.3, -0.25) is 14.2 Å². The topological polar surface area (TPSA) is 58.1 Å². The number of aromatic amines is 1.